The number of hydrogen-bond donors (Lipinski definition) is 0. The van der Waals surface area contributed by atoms with Gasteiger partial charge in [-0.25, -0.2) is 0 Å². The summed E-state index contributed by atoms with van der Waals surface area (Å²) < 4.78 is 2.92. The van der Waals surface area contributed by atoms with Gasteiger partial charge in [-0.1, -0.05) is 0 Å². The zero-order valence-corrected chi connectivity index (χ0v) is 22.7. The largest absolute Gasteiger partial charge is 1.00 e. The minimum atomic E-state index is -1.21. The van der Waals surface area contributed by atoms with Crippen LogP contribution in [0.1, 0.15) is 38.5 Å². The van der Waals surface area contributed by atoms with Crippen LogP contribution >= 0.6 is 0 Å². The van der Waals surface area contributed by atoms with Gasteiger partial charge in [-0.2, -0.15) is 0 Å². The van der Waals surface area contributed by atoms with Crippen LogP contribution in [-0.2, 0) is 0 Å². The summed E-state index contributed by atoms with van der Waals surface area (Å²) in [5.41, 5.74) is 1.62. The quantitative estimate of drug-likeness (QED) is 0.272. The smallest absolute Gasteiger partial charge is 0.282 e. The monoisotopic (exact) mass is 582 g/mol. The number of piperidine rings is 2. The first kappa shape index (κ1) is 24.8. The third-order valence-corrected chi connectivity index (χ3v) is 21.1. The minimum absolute atomic E-state index is 0. The predicted octanol–water partition coefficient (Wildman–Crippen LogP) is -1.80. The molecule has 2 nitrogen and oxygen atoms in total. The third-order valence-electron chi connectivity index (χ3n) is 7.39. The molecule has 2 heterocycles. The molecule has 0 saturated carbocycles. The number of halogens is 2. The Morgan fingerprint density at radius 1 is 0.565 bits per heavy atom. The zero-order valence-electron chi connectivity index (χ0n) is 16.4. The first-order valence-electron chi connectivity index (χ1n) is 9.31. The molecule has 0 aromatic rings. The van der Waals surface area contributed by atoms with E-state index in [0.717, 1.165) is 0 Å². The van der Waals surface area contributed by atoms with Crippen LogP contribution in [0.25, 0.3) is 0 Å². The maximum Gasteiger partial charge on any atom is 0.282 e. The lowest BCUT2D eigenvalue weighted by Crippen LogP contribution is -3.00. The van der Waals surface area contributed by atoms with Crippen molar-refractivity contribution in [2.45, 2.75) is 70.4 Å². The van der Waals surface area contributed by atoms with E-state index in [-0.39, 0.29) is 48.0 Å². The lowest BCUT2D eigenvalue weighted by Gasteiger charge is -2.54. The minimum Gasteiger partial charge on any atom is -1.00 e. The summed E-state index contributed by atoms with van der Waals surface area (Å²) in [6.07, 6.45) is 8.85. The summed E-state index contributed by atoms with van der Waals surface area (Å²) in [7, 11) is 2.79. The Morgan fingerprint density at radius 2 is 0.826 bits per heavy atom. The molecule has 6 heteroatoms. The molecule has 0 radical (unpaired) electrons. The fraction of sp³-hybridized carbons (Fsp3) is 1.00. The van der Waals surface area contributed by atoms with E-state index in [9.17, 15) is 0 Å². The molecule has 0 atom stereocenters. The van der Waals surface area contributed by atoms with Gasteiger partial charge in [0, 0.05) is 5.67 Å². The molecule has 2 aliphatic heterocycles. The van der Waals surface area contributed by atoms with E-state index >= 15 is 0 Å². The SMILES string of the molecule is C[N+]1([Si](C)(C)C[Si](C)(C)[N+]2(C)CCCCC2)CCCCC1.[I-].[I-]. The Morgan fingerprint density at radius 3 is 1.09 bits per heavy atom. The van der Waals surface area contributed by atoms with Gasteiger partial charge in [-0.05, 0) is 64.7 Å². The Hall–Kier alpha value is 1.81. The van der Waals surface area contributed by atoms with Gasteiger partial charge in [0.05, 0.1) is 40.3 Å². The van der Waals surface area contributed by atoms with E-state index in [4.69, 9.17) is 0 Å². The first-order chi connectivity index (χ1) is 9.62. The predicted molar refractivity (Wildman–Crippen MR) is 99.3 cm³/mol. The summed E-state index contributed by atoms with van der Waals surface area (Å²) in [5.74, 6) is 0. The van der Waals surface area contributed by atoms with Crippen LogP contribution in [0.5, 0.6) is 0 Å². The van der Waals surface area contributed by atoms with Crippen molar-refractivity contribution >= 4 is 16.5 Å². The van der Waals surface area contributed by atoms with E-state index in [1.54, 1.807) is 5.67 Å². The second-order valence-corrected chi connectivity index (χ2v) is 20.4. The van der Waals surface area contributed by atoms with Crippen molar-refractivity contribution in [3.05, 3.63) is 0 Å². The second-order valence-electron chi connectivity index (χ2n) is 9.61. The van der Waals surface area contributed by atoms with Crippen molar-refractivity contribution in [1.82, 2.24) is 0 Å². The first-order valence-corrected chi connectivity index (χ1v) is 15.6. The maximum absolute atomic E-state index is 2.71. The standard InChI is InChI=1S/C17H40N2Si2.2HI/c1-18(13-9-7-10-14-18)20(3,4)17-21(5,6)19(2)15-11-8-12-16-19;;/h7-17H2,1-6H3;2*1H/q+2;;/p-2. The molecule has 0 unspecified atom stereocenters. The molecule has 0 aromatic heterocycles. The van der Waals surface area contributed by atoms with Gasteiger partial charge >= 0.3 is 0 Å². The van der Waals surface area contributed by atoms with E-state index in [0.29, 0.717) is 0 Å². The van der Waals surface area contributed by atoms with Gasteiger partial charge in [0.25, 0.3) is 16.5 Å². The fourth-order valence-corrected chi connectivity index (χ4v) is 19.6. The van der Waals surface area contributed by atoms with Crippen molar-refractivity contribution in [2.24, 2.45) is 0 Å². The summed E-state index contributed by atoms with van der Waals surface area (Å²) in [6.45, 7) is 16.7. The highest BCUT2D eigenvalue weighted by molar-refractivity contribution is 6.88. The van der Waals surface area contributed by atoms with E-state index < -0.39 is 16.5 Å². The fourth-order valence-electron chi connectivity index (χ4n) is 5.07. The highest BCUT2D eigenvalue weighted by Crippen LogP contribution is 2.36. The normalized spacial score (nSPS) is 24.3. The molecule has 2 rings (SSSR count). The Kier molecular flexibility index (Phi) is 9.87. The van der Waals surface area contributed by atoms with Crippen molar-refractivity contribution in [3.8, 4) is 0 Å². The van der Waals surface area contributed by atoms with Crippen LogP contribution in [-0.4, -0.2) is 65.0 Å². The number of rotatable bonds is 4. The van der Waals surface area contributed by atoms with Gasteiger partial charge in [0.2, 0.25) is 0 Å². The van der Waals surface area contributed by atoms with E-state index in [1.165, 1.54) is 73.0 Å². The maximum atomic E-state index is 2.71. The van der Waals surface area contributed by atoms with Crippen molar-refractivity contribution < 1.29 is 56.3 Å². The van der Waals surface area contributed by atoms with E-state index in [2.05, 4.69) is 40.3 Å². The Balaban J connectivity index is 0.00000242. The molecule has 2 fully saturated rings. The van der Waals surface area contributed by atoms with Crippen LogP contribution in [0.2, 0.25) is 31.9 Å². The summed E-state index contributed by atoms with van der Waals surface area (Å²) >= 11 is 0. The highest BCUT2D eigenvalue weighted by Gasteiger charge is 2.55. The average molecular weight is 583 g/mol. The van der Waals surface area contributed by atoms with Crippen LogP contribution in [0, 0.1) is 0 Å². The lowest BCUT2D eigenvalue weighted by atomic mass is 10.1. The number of quaternary nitrogens is 2. The van der Waals surface area contributed by atoms with Crippen LogP contribution < -0.4 is 48.0 Å². The number of hydrogen-bond acceptors (Lipinski definition) is 0. The Labute approximate surface area is 182 Å². The Bertz CT molecular complexity index is 330. The lowest BCUT2D eigenvalue weighted by molar-refractivity contribution is -0.825. The van der Waals surface area contributed by atoms with Crippen LogP contribution in [0.3, 0.4) is 0 Å². The molecule has 0 N–H and O–H groups in total. The number of likely N-dealkylation sites (tertiary alicyclic amines) is 2. The molecule has 0 aromatic carbocycles. The average Bonchev–Trinajstić information content (AvgIpc) is 2.39. The van der Waals surface area contributed by atoms with Gasteiger partial charge < -0.3 is 56.3 Å². The van der Waals surface area contributed by atoms with E-state index in [1.807, 2.05) is 0 Å². The van der Waals surface area contributed by atoms with Crippen molar-refractivity contribution in [2.75, 3.05) is 40.3 Å². The molecular formula is C17H40I2N2Si2. The van der Waals surface area contributed by atoms with Crippen LogP contribution in [0.15, 0.2) is 0 Å². The second kappa shape index (κ2) is 9.15. The third kappa shape index (κ3) is 5.40. The van der Waals surface area contributed by atoms with Crippen LogP contribution in [0.4, 0.5) is 0 Å². The molecule has 0 bridgehead atoms. The van der Waals surface area contributed by atoms with Gasteiger partial charge in [0.1, 0.15) is 0 Å². The van der Waals surface area contributed by atoms with Gasteiger partial charge in [-0.15, -0.1) is 0 Å². The van der Waals surface area contributed by atoms with Gasteiger partial charge in [-0.3, -0.25) is 0 Å². The molecule has 23 heavy (non-hydrogen) atoms. The topological polar surface area (TPSA) is 0 Å². The zero-order chi connectivity index (χ0) is 15.8. The summed E-state index contributed by atoms with van der Waals surface area (Å²) in [4.78, 5) is 0. The number of nitrogens with zero attached hydrogens (tertiary/aromatic N) is 2. The van der Waals surface area contributed by atoms with Crippen molar-refractivity contribution in [3.63, 3.8) is 0 Å². The summed E-state index contributed by atoms with van der Waals surface area (Å²) in [5, 5.41) is 0. The summed E-state index contributed by atoms with van der Waals surface area (Å²) in [6, 6.07) is 0. The molecular weight excluding hydrogens is 542 g/mol. The van der Waals surface area contributed by atoms with Crippen molar-refractivity contribution in [1.29, 1.82) is 0 Å². The highest BCUT2D eigenvalue weighted by atomic mass is 127. The molecule has 0 spiro atoms. The molecule has 0 amide bonds. The van der Waals surface area contributed by atoms with Gasteiger partial charge in [0.15, 0.2) is 0 Å². The molecule has 2 aliphatic rings. The molecule has 140 valence electrons. The molecule has 2 saturated heterocycles. The molecule has 0 aliphatic carbocycles.